The van der Waals surface area contributed by atoms with Crippen LogP contribution in [0.15, 0.2) is 67.1 Å². The van der Waals surface area contributed by atoms with Crippen LogP contribution in [0.5, 0.6) is 0 Å². The van der Waals surface area contributed by atoms with Gasteiger partial charge in [0.2, 0.25) is 0 Å². The van der Waals surface area contributed by atoms with Crippen LogP contribution < -0.4 is 0 Å². The van der Waals surface area contributed by atoms with Crippen molar-refractivity contribution >= 4 is 51.3 Å². The summed E-state index contributed by atoms with van der Waals surface area (Å²) < 4.78 is 3.74. The number of hydrogen-bond donors (Lipinski definition) is 0. The zero-order chi connectivity index (χ0) is 28.1. The molecule has 0 radical (unpaired) electrons. The highest BCUT2D eigenvalue weighted by molar-refractivity contribution is 7.17. The Labute approximate surface area is 249 Å². The molecule has 41 heavy (non-hydrogen) atoms. The summed E-state index contributed by atoms with van der Waals surface area (Å²) in [7, 11) is 0. The maximum atomic E-state index is 13.7. The number of halogens is 2. The molecule has 0 bridgehead atoms. The Kier molecular flexibility index (Phi) is 6.53. The number of para-hydroxylation sites is 1. The first-order chi connectivity index (χ1) is 19.9. The molecule has 12 heteroatoms. The third-order valence-corrected chi connectivity index (χ3v) is 8.91. The molecule has 0 saturated carbocycles. The van der Waals surface area contributed by atoms with E-state index in [2.05, 4.69) is 31.4 Å². The predicted octanol–water partition coefficient (Wildman–Crippen LogP) is 6.13. The van der Waals surface area contributed by atoms with Gasteiger partial charge in [-0.25, -0.2) is 9.67 Å². The highest BCUT2D eigenvalue weighted by Gasteiger charge is 2.29. The van der Waals surface area contributed by atoms with E-state index in [9.17, 15) is 4.79 Å². The summed E-state index contributed by atoms with van der Waals surface area (Å²) in [5.74, 6) is -0.0742. The average molecular weight is 602 g/mol. The summed E-state index contributed by atoms with van der Waals surface area (Å²) in [6.07, 6.45) is 5.51. The lowest BCUT2D eigenvalue weighted by molar-refractivity contribution is 0.0710. The fraction of sp³-hybridized carbons (Fsp3) is 0.172. The van der Waals surface area contributed by atoms with Crippen molar-refractivity contribution in [2.24, 2.45) is 0 Å². The molecule has 5 heterocycles. The molecule has 0 fully saturated rings. The molecule has 7 rings (SSSR count). The van der Waals surface area contributed by atoms with Crippen molar-refractivity contribution in [2.75, 3.05) is 6.54 Å². The van der Waals surface area contributed by atoms with Gasteiger partial charge in [-0.15, -0.1) is 16.4 Å². The molecule has 0 saturated heterocycles. The molecule has 6 aromatic rings. The van der Waals surface area contributed by atoms with Crippen LogP contribution in [-0.4, -0.2) is 52.1 Å². The minimum absolute atomic E-state index is 0.0742. The largest absolute Gasteiger partial charge is 0.330 e. The van der Waals surface area contributed by atoms with Gasteiger partial charge in [0.1, 0.15) is 15.6 Å². The third-order valence-electron chi connectivity index (χ3n) is 7.17. The number of aromatic nitrogens is 7. The summed E-state index contributed by atoms with van der Waals surface area (Å²) in [5.41, 5.74) is 5.88. The van der Waals surface area contributed by atoms with E-state index < -0.39 is 0 Å². The van der Waals surface area contributed by atoms with Crippen LogP contribution in [-0.2, 0) is 19.6 Å². The van der Waals surface area contributed by atoms with Crippen LogP contribution in [0.1, 0.15) is 26.6 Å². The minimum Gasteiger partial charge on any atom is -0.330 e. The van der Waals surface area contributed by atoms with Gasteiger partial charge in [0.25, 0.3) is 5.91 Å². The normalized spacial score (nSPS) is 13.1. The number of rotatable bonds is 5. The Hall–Kier alpha value is -4.12. The van der Waals surface area contributed by atoms with Crippen molar-refractivity contribution in [1.82, 2.24) is 39.6 Å². The molecular formula is C29H22Cl2N8OS. The van der Waals surface area contributed by atoms with Crippen molar-refractivity contribution in [3.63, 3.8) is 0 Å². The maximum absolute atomic E-state index is 13.7. The SMILES string of the molecule is Cc1nc(-c2cc(Cl)ccc2Cl)sc1C(=O)N1CCn2ncc(-c3cn(Cc4cccc5cccnc45)nn3)c2C1. The summed E-state index contributed by atoms with van der Waals surface area (Å²) in [6.45, 7) is 3.91. The lowest BCUT2D eigenvalue weighted by Crippen LogP contribution is -2.38. The molecule has 1 amide bonds. The smallest absolute Gasteiger partial charge is 0.266 e. The molecule has 1 aliphatic rings. The summed E-state index contributed by atoms with van der Waals surface area (Å²) in [6, 6.07) is 15.3. The van der Waals surface area contributed by atoms with Crippen molar-refractivity contribution in [3.05, 3.63) is 99.0 Å². The lowest BCUT2D eigenvalue weighted by Gasteiger charge is -2.28. The zero-order valence-corrected chi connectivity index (χ0v) is 24.2. The van der Waals surface area contributed by atoms with Crippen LogP contribution in [0.25, 0.3) is 32.7 Å². The van der Waals surface area contributed by atoms with Gasteiger partial charge in [-0.1, -0.05) is 52.7 Å². The van der Waals surface area contributed by atoms with Gasteiger partial charge in [0, 0.05) is 34.3 Å². The first-order valence-electron chi connectivity index (χ1n) is 12.9. The quantitative estimate of drug-likeness (QED) is 0.236. The van der Waals surface area contributed by atoms with Gasteiger partial charge in [-0.3, -0.25) is 14.5 Å². The molecule has 2 aromatic carbocycles. The van der Waals surface area contributed by atoms with E-state index in [0.717, 1.165) is 27.7 Å². The Morgan fingerprint density at radius 1 is 1.07 bits per heavy atom. The van der Waals surface area contributed by atoms with Crippen LogP contribution >= 0.6 is 34.5 Å². The fourth-order valence-electron chi connectivity index (χ4n) is 5.12. The van der Waals surface area contributed by atoms with E-state index in [1.165, 1.54) is 11.3 Å². The zero-order valence-electron chi connectivity index (χ0n) is 21.8. The van der Waals surface area contributed by atoms with Gasteiger partial charge in [-0.05, 0) is 36.8 Å². The molecule has 0 atom stereocenters. The van der Waals surface area contributed by atoms with Crippen LogP contribution in [0.4, 0.5) is 0 Å². The number of thiazole rings is 1. The maximum Gasteiger partial charge on any atom is 0.266 e. The molecule has 0 spiro atoms. The predicted molar refractivity (Wildman–Crippen MR) is 159 cm³/mol. The number of fused-ring (bicyclic) bond motifs is 2. The van der Waals surface area contributed by atoms with Crippen LogP contribution in [0.3, 0.4) is 0 Å². The number of carbonyl (C=O) groups is 1. The lowest BCUT2D eigenvalue weighted by atomic mass is 10.1. The average Bonchev–Trinajstić information content (AvgIpc) is 3.72. The van der Waals surface area contributed by atoms with Gasteiger partial charge in [0.05, 0.1) is 54.0 Å². The number of aryl methyl sites for hydroxylation is 1. The van der Waals surface area contributed by atoms with Gasteiger partial charge >= 0.3 is 0 Å². The number of nitrogens with zero attached hydrogens (tertiary/aromatic N) is 8. The molecule has 204 valence electrons. The van der Waals surface area contributed by atoms with Crippen molar-refractivity contribution < 1.29 is 4.79 Å². The third kappa shape index (κ3) is 4.77. The van der Waals surface area contributed by atoms with E-state index in [1.54, 1.807) is 35.3 Å². The summed E-state index contributed by atoms with van der Waals surface area (Å²) in [5, 5.41) is 16.2. The van der Waals surface area contributed by atoms with Crippen LogP contribution in [0.2, 0.25) is 10.0 Å². The van der Waals surface area contributed by atoms with Crippen molar-refractivity contribution in [3.8, 4) is 21.8 Å². The van der Waals surface area contributed by atoms with Gasteiger partial charge in [0.15, 0.2) is 0 Å². The second-order valence-corrected chi connectivity index (χ2v) is 11.6. The van der Waals surface area contributed by atoms with Gasteiger partial charge < -0.3 is 4.90 Å². The molecule has 0 unspecified atom stereocenters. The van der Waals surface area contributed by atoms with Gasteiger partial charge in [-0.2, -0.15) is 5.10 Å². The number of carbonyl (C=O) groups excluding carboxylic acids is 1. The molecule has 0 N–H and O–H groups in total. The Balaban J connectivity index is 1.13. The monoisotopic (exact) mass is 600 g/mol. The van der Waals surface area contributed by atoms with E-state index in [0.29, 0.717) is 63.1 Å². The fourth-order valence-corrected chi connectivity index (χ4v) is 6.62. The highest BCUT2D eigenvalue weighted by atomic mass is 35.5. The molecule has 4 aromatic heterocycles. The topological polar surface area (TPSA) is 94.6 Å². The molecule has 1 aliphatic heterocycles. The van der Waals surface area contributed by atoms with E-state index in [-0.39, 0.29) is 5.91 Å². The molecular weight excluding hydrogens is 579 g/mol. The minimum atomic E-state index is -0.0742. The summed E-state index contributed by atoms with van der Waals surface area (Å²) in [4.78, 5) is 25.3. The van der Waals surface area contributed by atoms with E-state index >= 15 is 0 Å². The Morgan fingerprint density at radius 3 is 2.85 bits per heavy atom. The number of pyridine rings is 1. The number of benzene rings is 2. The van der Waals surface area contributed by atoms with Crippen LogP contribution in [0, 0.1) is 6.92 Å². The Bertz CT molecular complexity index is 1940. The first-order valence-corrected chi connectivity index (χ1v) is 14.5. The number of hydrogen-bond acceptors (Lipinski definition) is 7. The summed E-state index contributed by atoms with van der Waals surface area (Å²) >= 11 is 13.9. The Morgan fingerprint density at radius 2 is 1.95 bits per heavy atom. The second-order valence-electron chi connectivity index (χ2n) is 9.81. The van der Waals surface area contributed by atoms with Crippen molar-refractivity contribution in [1.29, 1.82) is 0 Å². The standard InChI is InChI=1S/C29H22Cl2N8OS/c1-17-27(41-28(34-17)21-12-20(30)7-8-23(21)31)29(40)37-10-11-39-25(16-37)22(13-33-39)24-15-38(36-35-24)14-19-5-2-4-18-6-3-9-32-26(18)19/h2-9,12-13,15H,10-11,14,16H2,1H3. The first kappa shape index (κ1) is 25.8. The number of amides is 1. The molecule has 9 nitrogen and oxygen atoms in total. The van der Waals surface area contributed by atoms with Crippen molar-refractivity contribution in [2.45, 2.75) is 26.6 Å². The van der Waals surface area contributed by atoms with E-state index in [1.807, 2.05) is 47.0 Å². The highest BCUT2D eigenvalue weighted by Crippen LogP contribution is 2.36. The van der Waals surface area contributed by atoms with E-state index in [4.69, 9.17) is 23.2 Å². The molecule has 0 aliphatic carbocycles. The second kappa shape index (κ2) is 10.4.